The van der Waals surface area contributed by atoms with Crippen LogP contribution in [0.2, 0.25) is 0 Å². The summed E-state index contributed by atoms with van der Waals surface area (Å²) in [7, 11) is 2.12. The summed E-state index contributed by atoms with van der Waals surface area (Å²) in [6, 6.07) is -0.145. The first-order chi connectivity index (χ1) is 8.67. The van der Waals surface area contributed by atoms with Crippen LogP contribution >= 0.6 is 0 Å². The number of likely N-dealkylation sites (tertiary alicyclic amines) is 1. The number of hydrogen-bond donors (Lipinski definition) is 3. The molecule has 0 aliphatic carbocycles. The Hall–Kier alpha value is -1.40. The van der Waals surface area contributed by atoms with Crippen LogP contribution in [0, 0.1) is 0 Å². The number of hydrogen-bond acceptors (Lipinski definition) is 4. The highest BCUT2D eigenvalue weighted by molar-refractivity contribution is 5.85. The van der Waals surface area contributed by atoms with E-state index in [1.165, 1.54) is 0 Å². The van der Waals surface area contributed by atoms with Gasteiger partial charge in [0.25, 0.3) is 0 Å². The van der Waals surface area contributed by atoms with Gasteiger partial charge in [0.2, 0.25) is 5.91 Å². The molecule has 2 fully saturated rings. The Labute approximate surface area is 106 Å². The first-order valence-electron chi connectivity index (χ1n) is 6.42. The molecule has 2 aliphatic heterocycles. The molecule has 0 bridgehead atoms. The second kappa shape index (κ2) is 4.37. The fraction of sp³-hybridized carbons (Fsp3) is 0.667. The van der Waals surface area contributed by atoms with Crippen LogP contribution in [0.25, 0.3) is 0 Å². The summed E-state index contributed by atoms with van der Waals surface area (Å²) in [5.41, 5.74) is 0.807. The largest absolute Gasteiger partial charge is 0.348 e. The quantitative estimate of drug-likeness (QED) is 0.658. The van der Waals surface area contributed by atoms with Gasteiger partial charge < -0.3 is 15.2 Å². The van der Waals surface area contributed by atoms with Crippen molar-refractivity contribution < 1.29 is 4.79 Å². The predicted molar refractivity (Wildman–Crippen MR) is 66.8 cm³/mol. The number of rotatable bonds is 2. The van der Waals surface area contributed by atoms with Gasteiger partial charge in [0.1, 0.15) is 0 Å². The van der Waals surface area contributed by atoms with Crippen molar-refractivity contribution >= 4 is 5.91 Å². The van der Waals surface area contributed by atoms with Gasteiger partial charge in [0.05, 0.1) is 18.0 Å². The van der Waals surface area contributed by atoms with Crippen molar-refractivity contribution in [2.75, 3.05) is 20.1 Å². The van der Waals surface area contributed by atoms with Crippen LogP contribution in [-0.2, 0) is 11.2 Å². The van der Waals surface area contributed by atoms with Crippen LogP contribution in [0.15, 0.2) is 12.5 Å². The van der Waals surface area contributed by atoms with E-state index < -0.39 is 0 Å². The van der Waals surface area contributed by atoms with Crippen molar-refractivity contribution in [1.29, 1.82) is 0 Å². The van der Waals surface area contributed by atoms with Gasteiger partial charge in [-0.25, -0.2) is 4.98 Å². The smallest absolute Gasteiger partial charge is 0.239 e. The van der Waals surface area contributed by atoms with Crippen molar-refractivity contribution in [3.63, 3.8) is 0 Å². The maximum atomic E-state index is 12.0. The topological polar surface area (TPSA) is 73.0 Å². The number of aromatic amines is 1. The molecule has 1 unspecified atom stereocenters. The lowest BCUT2D eigenvalue weighted by Gasteiger charge is -2.37. The average molecular weight is 249 g/mol. The van der Waals surface area contributed by atoms with Gasteiger partial charge in [-0.05, 0) is 19.9 Å². The number of imidazole rings is 1. The molecule has 3 N–H and O–H groups in total. The SMILES string of the molecule is CN1CCC2(CC1)NC(=O)C(Cc1cnc[nH]1)N2. The number of H-pyrrole nitrogens is 1. The molecule has 3 rings (SSSR count). The molecular formula is C12H19N5O. The summed E-state index contributed by atoms with van der Waals surface area (Å²) in [6.45, 7) is 2.04. The zero-order chi connectivity index (χ0) is 12.6. The van der Waals surface area contributed by atoms with Crippen LogP contribution in [0.1, 0.15) is 18.5 Å². The average Bonchev–Trinajstić information content (AvgIpc) is 2.94. The van der Waals surface area contributed by atoms with Gasteiger partial charge in [-0.1, -0.05) is 0 Å². The van der Waals surface area contributed by atoms with E-state index in [9.17, 15) is 4.79 Å². The molecule has 0 saturated carbocycles. The summed E-state index contributed by atoms with van der Waals surface area (Å²) in [5, 5.41) is 6.62. The third kappa shape index (κ3) is 2.13. The Kier molecular flexibility index (Phi) is 2.83. The molecule has 2 aliphatic rings. The third-order valence-corrected chi connectivity index (χ3v) is 3.95. The van der Waals surface area contributed by atoms with E-state index in [0.29, 0.717) is 6.42 Å². The highest BCUT2D eigenvalue weighted by atomic mass is 16.2. The van der Waals surface area contributed by atoms with Crippen LogP contribution in [0.5, 0.6) is 0 Å². The van der Waals surface area contributed by atoms with Gasteiger partial charge >= 0.3 is 0 Å². The first kappa shape index (κ1) is 11.7. The molecule has 2 saturated heterocycles. The minimum Gasteiger partial charge on any atom is -0.348 e. The second-order valence-electron chi connectivity index (χ2n) is 5.35. The number of carbonyl (C=O) groups is 1. The molecule has 1 aromatic rings. The molecular weight excluding hydrogens is 230 g/mol. The highest BCUT2D eigenvalue weighted by Crippen LogP contribution is 2.24. The summed E-state index contributed by atoms with van der Waals surface area (Å²) >= 11 is 0. The van der Waals surface area contributed by atoms with Gasteiger partial charge in [-0.2, -0.15) is 0 Å². The monoisotopic (exact) mass is 249 g/mol. The van der Waals surface area contributed by atoms with Crippen molar-refractivity contribution in [3.8, 4) is 0 Å². The summed E-state index contributed by atoms with van der Waals surface area (Å²) < 4.78 is 0. The predicted octanol–water partition coefficient (Wildman–Crippen LogP) is -0.538. The maximum absolute atomic E-state index is 12.0. The molecule has 0 aromatic carbocycles. The molecule has 1 atom stereocenters. The van der Waals surface area contributed by atoms with E-state index in [2.05, 4.69) is 32.5 Å². The first-order valence-corrected chi connectivity index (χ1v) is 6.42. The molecule has 3 heterocycles. The number of piperidine rings is 1. The number of amides is 1. The molecule has 98 valence electrons. The zero-order valence-corrected chi connectivity index (χ0v) is 10.6. The molecule has 6 heteroatoms. The van der Waals surface area contributed by atoms with Crippen molar-refractivity contribution in [2.24, 2.45) is 0 Å². The molecule has 1 aromatic heterocycles. The van der Waals surface area contributed by atoms with Crippen molar-refractivity contribution in [3.05, 3.63) is 18.2 Å². The van der Waals surface area contributed by atoms with Gasteiger partial charge in [-0.15, -0.1) is 0 Å². The minimum absolute atomic E-state index is 0.106. The van der Waals surface area contributed by atoms with Crippen LogP contribution in [0.3, 0.4) is 0 Å². The van der Waals surface area contributed by atoms with Gasteiger partial charge in [-0.3, -0.25) is 10.1 Å². The van der Waals surface area contributed by atoms with E-state index >= 15 is 0 Å². The van der Waals surface area contributed by atoms with Crippen LogP contribution in [0.4, 0.5) is 0 Å². The molecule has 18 heavy (non-hydrogen) atoms. The molecule has 0 radical (unpaired) electrons. The lowest BCUT2D eigenvalue weighted by molar-refractivity contribution is -0.121. The van der Waals surface area contributed by atoms with Crippen molar-refractivity contribution in [1.82, 2.24) is 25.5 Å². The summed E-state index contributed by atoms with van der Waals surface area (Å²) in [6.07, 6.45) is 6.02. The van der Waals surface area contributed by atoms with E-state index in [4.69, 9.17) is 0 Å². The number of nitrogens with zero attached hydrogens (tertiary/aromatic N) is 2. The Bertz CT molecular complexity index is 422. The highest BCUT2D eigenvalue weighted by Gasteiger charge is 2.44. The lowest BCUT2D eigenvalue weighted by Crippen LogP contribution is -2.56. The maximum Gasteiger partial charge on any atom is 0.239 e. The zero-order valence-electron chi connectivity index (χ0n) is 10.6. The van der Waals surface area contributed by atoms with Gasteiger partial charge in [0.15, 0.2) is 0 Å². The van der Waals surface area contributed by atoms with Crippen LogP contribution < -0.4 is 10.6 Å². The Morgan fingerprint density at radius 3 is 2.94 bits per heavy atom. The third-order valence-electron chi connectivity index (χ3n) is 3.95. The molecule has 6 nitrogen and oxygen atoms in total. The normalized spacial score (nSPS) is 27.6. The number of carbonyl (C=O) groups excluding carboxylic acids is 1. The minimum atomic E-state index is -0.186. The summed E-state index contributed by atoms with van der Waals surface area (Å²) in [5.74, 6) is 0.106. The fourth-order valence-electron chi connectivity index (χ4n) is 2.79. The Morgan fingerprint density at radius 1 is 1.50 bits per heavy atom. The second-order valence-corrected chi connectivity index (χ2v) is 5.35. The standard InChI is InChI=1S/C12H19N5O/c1-17-4-2-12(3-5-17)15-10(11(18)16-12)6-9-7-13-8-14-9/h7-8,10,15H,2-6H2,1H3,(H,13,14)(H,16,18). The fourth-order valence-corrected chi connectivity index (χ4v) is 2.79. The molecule has 1 amide bonds. The number of aromatic nitrogens is 2. The van der Waals surface area contributed by atoms with Crippen molar-refractivity contribution in [2.45, 2.75) is 31.0 Å². The van der Waals surface area contributed by atoms with Crippen LogP contribution in [-0.4, -0.2) is 52.6 Å². The van der Waals surface area contributed by atoms with E-state index in [1.807, 2.05) is 0 Å². The summed E-state index contributed by atoms with van der Waals surface area (Å²) in [4.78, 5) is 21.4. The lowest BCUT2D eigenvalue weighted by atomic mass is 9.98. The molecule has 1 spiro atoms. The van der Waals surface area contributed by atoms with E-state index in [-0.39, 0.29) is 17.6 Å². The number of nitrogens with one attached hydrogen (secondary N) is 3. The Balaban J connectivity index is 1.67. The van der Waals surface area contributed by atoms with Gasteiger partial charge in [0, 0.05) is 31.4 Å². The Morgan fingerprint density at radius 2 is 2.28 bits per heavy atom. The van der Waals surface area contributed by atoms with E-state index in [1.54, 1.807) is 12.5 Å². The van der Waals surface area contributed by atoms with E-state index in [0.717, 1.165) is 31.6 Å².